The summed E-state index contributed by atoms with van der Waals surface area (Å²) in [5, 5.41) is 2.86. The van der Waals surface area contributed by atoms with Crippen molar-refractivity contribution >= 4 is 6.03 Å². The molecule has 120 valence electrons. The van der Waals surface area contributed by atoms with E-state index in [1.807, 2.05) is 0 Å². The van der Waals surface area contributed by atoms with Gasteiger partial charge >= 0.3 is 6.03 Å². The molecule has 4 nitrogen and oxygen atoms in total. The second-order valence-corrected chi connectivity index (χ2v) is 5.92. The standard InChI is InChI=1S/C16H20F2N2O2/c17-12-4-3-11(15(18)8-12)10-20(13-5-6-13)16(21)19-9-14-2-1-7-22-14/h3-4,8,13-14H,1-2,5-7,9-10H2,(H,19,21)/t14-/m0/s1. The van der Waals surface area contributed by atoms with E-state index in [1.54, 1.807) is 4.90 Å². The van der Waals surface area contributed by atoms with E-state index >= 15 is 0 Å². The van der Waals surface area contributed by atoms with Crippen molar-refractivity contribution < 1.29 is 18.3 Å². The molecule has 0 bridgehead atoms. The van der Waals surface area contributed by atoms with Crippen molar-refractivity contribution in [3.63, 3.8) is 0 Å². The van der Waals surface area contributed by atoms with Crippen LogP contribution in [0.1, 0.15) is 31.2 Å². The van der Waals surface area contributed by atoms with Crippen molar-refractivity contribution in [2.24, 2.45) is 0 Å². The highest BCUT2D eigenvalue weighted by Crippen LogP contribution is 2.29. The smallest absolute Gasteiger partial charge is 0.318 e. The number of nitrogens with one attached hydrogen (secondary N) is 1. The molecule has 0 unspecified atom stereocenters. The molecule has 1 aliphatic heterocycles. The summed E-state index contributed by atoms with van der Waals surface area (Å²) in [6.45, 7) is 1.38. The SMILES string of the molecule is O=C(NC[C@@H]1CCCO1)N(Cc1ccc(F)cc1F)C1CC1. The van der Waals surface area contributed by atoms with Gasteiger partial charge in [0.1, 0.15) is 11.6 Å². The first kappa shape index (κ1) is 15.2. The highest BCUT2D eigenvalue weighted by atomic mass is 19.1. The number of ether oxygens (including phenoxy) is 1. The first-order valence-electron chi connectivity index (χ1n) is 7.73. The average molecular weight is 310 g/mol. The maximum atomic E-state index is 13.8. The number of benzene rings is 1. The third-order valence-electron chi connectivity index (χ3n) is 4.11. The van der Waals surface area contributed by atoms with Crippen LogP contribution >= 0.6 is 0 Å². The molecular formula is C16H20F2N2O2. The quantitative estimate of drug-likeness (QED) is 0.908. The first-order valence-corrected chi connectivity index (χ1v) is 7.73. The molecule has 0 radical (unpaired) electrons. The maximum absolute atomic E-state index is 13.8. The third-order valence-corrected chi connectivity index (χ3v) is 4.11. The van der Waals surface area contributed by atoms with E-state index in [1.165, 1.54) is 12.1 Å². The average Bonchev–Trinajstić information content (AvgIpc) is 3.19. The fraction of sp³-hybridized carbons (Fsp3) is 0.562. The second-order valence-electron chi connectivity index (χ2n) is 5.92. The lowest BCUT2D eigenvalue weighted by molar-refractivity contribution is 0.108. The van der Waals surface area contributed by atoms with Crippen molar-refractivity contribution in [1.29, 1.82) is 0 Å². The van der Waals surface area contributed by atoms with Crippen LogP contribution in [-0.2, 0) is 11.3 Å². The number of rotatable bonds is 5. The van der Waals surface area contributed by atoms with E-state index in [4.69, 9.17) is 4.74 Å². The second kappa shape index (κ2) is 6.60. The Morgan fingerprint density at radius 3 is 2.77 bits per heavy atom. The normalized spacial score (nSPS) is 20.9. The van der Waals surface area contributed by atoms with Crippen LogP contribution in [0, 0.1) is 11.6 Å². The van der Waals surface area contributed by atoms with Crippen molar-refractivity contribution in [2.45, 2.75) is 44.4 Å². The summed E-state index contributed by atoms with van der Waals surface area (Å²) in [5.41, 5.74) is 0.334. The van der Waals surface area contributed by atoms with E-state index in [0.29, 0.717) is 12.1 Å². The zero-order valence-electron chi connectivity index (χ0n) is 12.4. The molecule has 22 heavy (non-hydrogen) atoms. The molecule has 1 aromatic rings. The Balaban J connectivity index is 1.60. The number of carbonyl (C=O) groups is 1. The largest absolute Gasteiger partial charge is 0.376 e. The lowest BCUT2D eigenvalue weighted by Crippen LogP contribution is -2.43. The van der Waals surface area contributed by atoms with Crippen molar-refractivity contribution in [2.75, 3.05) is 13.2 Å². The Morgan fingerprint density at radius 2 is 2.14 bits per heavy atom. The van der Waals surface area contributed by atoms with Gasteiger partial charge in [0, 0.05) is 30.8 Å². The van der Waals surface area contributed by atoms with Crippen molar-refractivity contribution in [3.8, 4) is 0 Å². The monoisotopic (exact) mass is 310 g/mol. The lowest BCUT2D eigenvalue weighted by atomic mass is 10.2. The van der Waals surface area contributed by atoms with E-state index in [-0.39, 0.29) is 24.7 Å². The van der Waals surface area contributed by atoms with E-state index in [9.17, 15) is 13.6 Å². The third kappa shape index (κ3) is 3.74. The first-order chi connectivity index (χ1) is 10.6. The number of amides is 2. The molecule has 2 aliphatic rings. The van der Waals surface area contributed by atoms with Gasteiger partial charge in [-0.1, -0.05) is 6.07 Å². The van der Waals surface area contributed by atoms with E-state index < -0.39 is 11.6 Å². The van der Waals surface area contributed by atoms with Crippen LogP contribution < -0.4 is 5.32 Å². The summed E-state index contributed by atoms with van der Waals surface area (Å²) >= 11 is 0. The number of hydrogen-bond acceptors (Lipinski definition) is 2. The Morgan fingerprint density at radius 1 is 1.32 bits per heavy atom. The molecule has 1 atom stereocenters. The molecule has 3 rings (SSSR count). The summed E-state index contributed by atoms with van der Waals surface area (Å²) < 4.78 is 32.2. The predicted molar refractivity (Wildman–Crippen MR) is 77.3 cm³/mol. The summed E-state index contributed by atoms with van der Waals surface area (Å²) in [6, 6.07) is 3.40. The molecule has 1 aromatic carbocycles. The van der Waals surface area contributed by atoms with Gasteiger partial charge in [-0.15, -0.1) is 0 Å². The Labute approximate surface area is 128 Å². The van der Waals surface area contributed by atoms with Crippen LogP contribution in [-0.4, -0.2) is 36.2 Å². The minimum atomic E-state index is -0.613. The van der Waals surface area contributed by atoms with Gasteiger partial charge in [-0.05, 0) is 31.7 Å². The van der Waals surface area contributed by atoms with Gasteiger partial charge in [-0.3, -0.25) is 0 Å². The van der Waals surface area contributed by atoms with E-state index in [2.05, 4.69) is 5.32 Å². The summed E-state index contributed by atoms with van der Waals surface area (Å²) in [5.74, 6) is -1.22. The molecule has 0 aromatic heterocycles. The number of urea groups is 1. The van der Waals surface area contributed by atoms with Gasteiger partial charge in [0.15, 0.2) is 0 Å². The van der Waals surface area contributed by atoms with Crippen LogP contribution in [0.2, 0.25) is 0 Å². The Kier molecular flexibility index (Phi) is 4.57. The Bertz CT molecular complexity index is 543. The molecule has 2 fully saturated rings. The zero-order valence-corrected chi connectivity index (χ0v) is 12.4. The van der Waals surface area contributed by atoms with Crippen LogP contribution in [0.5, 0.6) is 0 Å². The van der Waals surface area contributed by atoms with Crippen LogP contribution in [0.25, 0.3) is 0 Å². The fourth-order valence-electron chi connectivity index (χ4n) is 2.69. The van der Waals surface area contributed by atoms with Crippen LogP contribution in [0.3, 0.4) is 0 Å². The van der Waals surface area contributed by atoms with Gasteiger partial charge < -0.3 is 15.0 Å². The summed E-state index contributed by atoms with van der Waals surface area (Å²) in [6.07, 6.45) is 3.91. The Hall–Kier alpha value is -1.69. The minimum absolute atomic E-state index is 0.0764. The zero-order chi connectivity index (χ0) is 15.5. The van der Waals surface area contributed by atoms with Crippen LogP contribution in [0.15, 0.2) is 18.2 Å². The number of hydrogen-bond donors (Lipinski definition) is 1. The number of nitrogens with zero attached hydrogens (tertiary/aromatic N) is 1. The van der Waals surface area contributed by atoms with E-state index in [0.717, 1.165) is 38.4 Å². The lowest BCUT2D eigenvalue weighted by Gasteiger charge is -2.24. The molecule has 1 saturated heterocycles. The van der Waals surface area contributed by atoms with Crippen molar-refractivity contribution in [1.82, 2.24) is 10.2 Å². The molecule has 1 heterocycles. The highest BCUT2D eigenvalue weighted by Gasteiger charge is 2.33. The number of halogens is 2. The molecule has 6 heteroatoms. The predicted octanol–water partition coefficient (Wildman–Crippen LogP) is 2.82. The molecule has 2 amide bonds. The molecular weight excluding hydrogens is 290 g/mol. The van der Waals surface area contributed by atoms with Gasteiger partial charge in [-0.2, -0.15) is 0 Å². The molecule has 0 spiro atoms. The number of carbonyl (C=O) groups excluding carboxylic acids is 1. The van der Waals surface area contributed by atoms with Crippen LogP contribution in [0.4, 0.5) is 13.6 Å². The van der Waals surface area contributed by atoms with Gasteiger partial charge in [0.05, 0.1) is 12.6 Å². The van der Waals surface area contributed by atoms with Gasteiger partial charge in [0.25, 0.3) is 0 Å². The van der Waals surface area contributed by atoms with Gasteiger partial charge in [-0.25, -0.2) is 13.6 Å². The maximum Gasteiger partial charge on any atom is 0.318 e. The molecule has 1 aliphatic carbocycles. The fourth-order valence-corrected chi connectivity index (χ4v) is 2.69. The molecule has 1 N–H and O–H groups in total. The van der Waals surface area contributed by atoms with Crippen molar-refractivity contribution in [3.05, 3.63) is 35.4 Å². The summed E-state index contributed by atoms with van der Waals surface area (Å²) in [7, 11) is 0. The van der Waals surface area contributed by atoms with Gasteiger partial charge in [0.2, 0.25) is 0 Å². The minimum Gasteiger partial charge on any atom is -0.376 e. The molecule has 1 saturated carbocycles. The topological polar surface area (TPSA) is 41.6 Å². The highest BCUT2D eigenvalue weighted by molar-refractivity contribution is 5.75. The summed E-state index contributed by atoms with van der Waals surface area (Å²) in [4.78, 5) is 14.0.